The standard InChI is InChI=1S/C27H32Cl2N4O3/c1-2-3-26(33-12-11-32(17-27(33)34)16-20-4-6-23(28)7-5-20)31-30-15-22-14-24(29)8-9-25(22)36-19-21-10-13-35-18-21/h2-9,14,21,30H,10-13,15-19H2,1H3/b3-2+,31-26+. The molecule has 4 rings (SSSR count). The highest BCUT2D eigenvalue weighted by atomic mass is 35.5. The van der Waals surface area contributed by atoms with Crippen LogP contribution in [0.15, 0.2) is 59.7 Å². The van der Waals surface area contributed by atoms with Gasteiger partial charge in [0.25, 0.3) is 0 Å². The van der Waals surface area contributed by atoms with E-state index in [0.717, 1.165) is 43.1 Å². The predicted octanol–water partition coefficient (Wildman–Crippen LogP) is 4.73. The van der Waals surface area contributed by atoms with E-state index in [1.165, 1.54) is 0 Å². The maximum absolute atomic E-state index is 13.0. The predicted molar refractivity (Wildman–Crippen MR) is 143 cm³/mol. The van der Waals surface area contributed by atoms with Crippen molar-refractivity contribution < 1.29 is 14.3 Å². The fourth-order valence-corrected chi connectivity index (χ4v) is 4.56. The first-order chi connectivity index (χ1) is 17.5. The van der Waals surface area contributed by atoms with Crippen LogP contribution in [-0.4, -0.2) is 61.0 Å². The van der Waals surface area contributed by atoms with Crippen molar-refractivity contribution in [1.29, 1.82) is 0 Å². The molecule has 2 aliphatic rings. The normalized spacial score (nSPS) is 19.3. The molecule has 7 nitrogen and oxygen atoms in total. The molecule has 2 fully saturated rings. The first-order valence-corrected chi connectivity index (χ1v) is 13.0. The summed E-state index contributed by atoms with van der Waals surface area (Å²) < 4.78 is 11.5. The second-order valence-electron chi connectivity index (χ2n) is 8.98. The molecule has 0 bridgehead atoms. The summed E-state index contributed by atoms with van der Waals surface area (Å²) >= 11 is 12.2. The molecule has 1 unspecified atom stereocenters. The smallest absolute Gasteiger partial charge is 0.242 e. The molecule has 2 aromatic rings. The second kappa shape index (κ2) is 13.1. The average molecular weight is 531 g/mol. The van der Waals surface area contributed by atoms with Crippen LogP contribution in [0.4, 0.5) is 0 Å². The van der Waals surface area contributed by atoms with Gasteiger partial charge in [-0.3, -0.25) is 14.6 Å². The number of hydrogen-bond donors (Lipinski definition) is 1. The number of amidine groups is 1. The molecule has 0 aliphatic carbocycles. The summed E-state index contributed by atoms with van der Waals surface area (Å²) in [6, 6.07) is 13.3. The molecule has 9 heteroatoms. The Hall–Kier alpha value is -2.58. The van der Waals surface area contributed by atoms with Gasteiger partial charge in [-0.25, -0.2) is 0 Å². The molecule has 192 valence electrons. The second-order valence-corrected chi connectivity index (χ2v) is 9.85. The Balaban J connectivity index is 1.36. The monoisotopic (exact) mass is 530 g/mol. The van der Waals surface area contributed by atoms with Gasteiger partial charge < -0.3 is 14.9 Å². The van der Waals surface area contributed by atoms with Gasteiger partial charge in [-0.1, -0.05) is 41.4 Å². The Morgan fingerprint density at radius 3 is 2.72 bits per heavy atom. The molecule has 2 aliphatic heterocycles. The van der Waals surface area contributed by atoms with Crippen LogP contribution in [0.3, 0.4) is 0 Å². The van der Waals surface area contributed by atoms with E-state index in [1.807, 2.05) is 61.5 Å². The van der Waals surface area contributed by atoms with E-state index in [4.69, 9.17) is 32.7 Å². The third kappa shape index (κ3) is 7.46. The Bertz CT molecular complexity index is 1080. The average Bonchev–Trinajstić information content (AvgIpc) is 3.38. The molecule has 2 heterocycles. The van der Waals surface area contributed by atoms with E-state index < -0.39 is 0 Å². The van der Waals surface area contributed by atoms with Crippen molar-refractivity contribution in [1.82, 2.24) is 15.2 Å². The van der Waals surface area contributed by atoms with Crippen molar-refractivity contribution in [2.45, 2.75) is 26.4 Å². The summed E-state index contributed by atoms with van der Waals surface area (Å²) in [6.07, 6.45) is 4.74. The van der Waals surface area contributed by atoms with Crippen molar-refractivity contribution in [2.75, 3.05) is 39.5 Å². The molecule has 0 saturated carbocycles. The Kier molecular flexibility index (Phi) is 9.64. The molecule has 1 amide bonds. The van der Waals surface area contributed by atoms with E-state index in [9.17, 15) is 4.79 Å². The highest BCUT2D eigenvalue weighted by Gasteiger charge is 2.26. The molecule has 0 radical (unpaired) electrons. The maximum Gasteiger partial charge on any atom is 0.242 e. The molecule has 1 atom stereocenters. The minimum absolute atomic E-state index is 0.0134. The lowest BCUT2D eigenvalue weighted by Crippen LogP contribution is -2.52. The van der Waals surface area contributed by atoms with E-state index in [-0.39, 0.29) is 5.91 Å². The van der Waals surface area contributed by atoms with Gasteiger partial charge in [0.1, 0.15) is 5.75 Å². The number of amides is 1. The Morgan fingerprint density at radius 1 is 1.19 bits per heavy atom. The molecular weight excluding hydrogens is 499 g/mol. The maximum atomic E-state index is 13.0. The first kappa shape index (κ1) is 26.5. The number of ether oxygens (including phenoxy) is 2. The third-order valence-electron chi connectivity index (χ3n) is 6.20. The number of rotatable bonds is 9. The van der Waals surface area contributed by atoms with Gasteiger partial charge in [0, 0.05) is 47.8 Å². The van der Waals surface area contributed by atoms with Crippen LogP contribution >= 0.6 is 23.2 Å². The van der Waals surface area contributed by atoms with Crippen molar-refractivity contribution >= 4 is 34.9 Å². The largest absolute Gasteiger partial charge is 0.493 e. The first-order valence-electron chi connectivity index (χ1n) is 12.2. The van der Waals surface area contributed by atoms with E-state index >= 15 is 0 Å². The molecule has 0 spiro atoms. The van der Waals surface area contributed by atoms with Gasteiger partial charge in [-0.05, 0) is 55.3 Å². The van der Waals surface area contributed by atoms with Gasteiger partial charge in [0.15, 0.2) is 5.84 Å². The minimum Gasteiger partial charge on any atom is -0.493 e. The van der Waals surface area contributed by atoms with Crippen molar-refractivity contribution in [2.24, 2.45) is 11.0 Å². The van der Waals surface area contributed by atoms with Crippen molar-refractivity contribution in [3.63, 3.8) is 0 Å². The van der Waals surface area contributed by atoms with Crippen LogP contribution in [0.1, 0.15) is 24.5 Å². The summed E-state index contributed by atoms with van der Waals surface area (Å²) in [4.78, 5) is 16.8. The van der Waals surface area contributed by atoms with Crippen LogP contribution in [0.5, 0.6) is 5.75 Å². The van der Waals surface area contributed by atoms with Gasteiger partial charge in [0.05, 0.1) is 26.3 Å². The fourth-order valence-electron chi connectivity index (χ4n) is 4.24. The number of nitrogens with zero attached hydrogens (tertiary/aromatic N) is 3. The van der Waals surface area contributed by atoms with E-state index in [0.29, 0.717) is 54.6 Å². The lowest BCUT2D eigenvalue weighted by Gasteiger charge is -2.34. The fraction of sp³-hybridized carbons (Fsp3) is 0.407. The molecular formula is C27H32Cl2N4O3. The highest BCUT2D eigenvalue weighted by molar-refractivity contribution is 6.30. The van der Waals surface area contributed by atoms with Gasteiger partial charge >= 0.3 is 0 Å². The van der Waals surface area contributed by atoms with E-state index in [2.05, 4.69) is 15.4 Å². The zero-order chi connectivity index (χ0) is 25.3. The van der Waals surface area contributed by atoms with Crippen LogP contribution in [0.25, 0.3) is 0 Å². The number of carbonyl (C=O) groups excluding carboxylic acids is 1. The third-order valence-corrected chi connectivity index (χ3v) is 6.68. The van der Waals surface area contributed by atoms with Crippen LogP contribution in [0.2, 0.25) is 10.0 Å². The molecule has 0 aromatic heterocycles. The van der Waals surface area contributed by atoms with Crippen molar-refractivity contribution in [3.8, 4) is 5.75 Å². The topological polar surface area (TPSA) is 66.4 Å². The number of nitrogens with one attached hydrogen (secondary N) is 1. The lowest BCUT2D eigenvalue weighted by molar-refractivity contribution is -0.131. The molecule has 2 aromatic carbocycles. The van der Waals surface area contributed by atoms with E-state index in [1.54, 1.807) is 4.90 Å². The van der Waals surface area contributed by atoms with Crippen LogP contribution in [0, 0.1) is 5.92 Å². The zero-order valence-corrected chi connectivity index (χ0v) is 22.0. The quantitative estimate of drug-likeness (QED) is 0.288. The van der Waals surface area contributed by atoms with Gasteiger partial charge in [-0.15, -0.1) is 0 Å². The number of piperazine rings is 1. The Labute approximate surface area is 222 Å². The summed E-state index contributed by atoms with van der Waals surface area (Å²) in [7, 11) is 0. The van der Waals surface area contributed by atoms with Gasteiger partial charge in [-0.2, -0.15) is 5.10 Å². The van der Waals surface area contributed by atoms with Crippen LogP contribution in [-0.2, 0) is 22.6 Å². The summed E-state index contributed by atoms with van der Waals surface area (Å²) in [6.45, 7) is 6.81. The van der Waals surface area contributed by atoms with Crippen molar-refractivity contribution in [3.05, 3.63) is 75.8 Å². The minimum atomic E-state index is 0.0134. The number of hydrazone groups is 1. The lowest BCUT2D eigenvalue weighted by atomic mass is 10.1. The van der Waals surface area contributed by atoms with Crippen LogP contribution < -0.4 is 10.2 Å². The molecule has 2 saturated heterocycles. The van der Waals surface area contributed by atoms with Gasteiger partial charge in [0.2, 0.25) is 5.91 Å². The Morgan fingerprint density at radius 2 is 2.00 bits per heavy atom. The zero-order valence-electron chi connectivity index (χ0n) is 20.5. The number of hydrogen-bond acceptors (Lipinski definition) is 6. The highest BCUT2D eigenvalue weighted by Crippen LogP contribution is 2.24. The molecule has 36 heavy (non-hydrogen) atoms. The number of carbonyl (C=O) groups is 1. The number of benzene rings is 2. The summed E-state index contributed by atoms with van der Waals surface area (Å²) in [5, 5.41) is 5.88. The molecule has 1 N–H and O–H groups in total. The summed E-state index contributed by atoms with van der Waals surface area (Å²) in [5.41, 5.74) is 5.15. The number of allylic oxidation sites excluding steroid dienone is 1. The summed E-state index contributed by atoms with van der Waals surface area (Å²) in [5.74, 6) is 1.78. The number of halogens is 2. The SMILES string of the molecule is C/C=C/C(=N\NCc1cc(Cl)ccc1OCC1CCOC1)N1CCN(Cc2ccc(Cl)cc2)CC1=O.